The molecule has 31 heavy (non-hydrogen) atoms. The third-order valence-electron chi connectivity index (χ3n) is 4.01. The minimum absolute atomic E-state index is 0.150. The smallest absolute Gasteiger partial charge is 0.406 e. The summed E-state index contributed by atoms with van der Waals surface area (Å²) < 4.78 is 42.4. The van der Waals surface area contributed by atoms with Crippen LogP contribution in [0.4, 0.5) is 23.1 Å². The number of fused-ring (bicyclic) bond motifs is 1. The lowest BCUT2D eigenvalue weighted by Gasteiger charge is -2.07. The number of imidazole rings is 1. The lowest BCUT2D eigenvalue weighted by atomic mass is 10.2. The number of alkyl halides is 3. The molecule has 0 atom stereocenters. The number of H-pyrrole nitrogens is 1. The van der Waals surface area contributed by atoms with Gasteiger partial charge in [0, 0.05) is 10.5 Å². The van der Waals surface area contributed by atoms with Gasteiger partial charge in [-0.15, -0.1) is 13.2 Å². The van der Waals surface area contributed by atoms with Gasteiger partial charge < -0.3 is 15.0 Å². The van der Waals surface area contributed by atoms with E-state index in [2.05, 4.69) is 46.3 Å². The number of nitrogens with one attached hydrogen (secondary N) is 3. The van der Waals surface area contributed by atoms with Gasteiger partial charge >= 0.3 is 12.4 Å². The van der Waals surface area contributed by atoms with Crippen LogP contribution in [0.15, 0.2) is 53.1 Å². The van der Waals surface area contributed by atoms with Gasteiger partial charge in [0.15, 0.2) is 5.13 Å². The molecular weight excluding hydrogens is 499 g/mol. The number of nitrogens with zero attached hydrogens (tertiary/aromatic N) is 2. The lowest BCUT2D eigenvalue weighted by molar-refractivity contribution is -0.274. The molecule has 2 aromatic carbocycles. The lowest BCUT2D eigenvalue weighted by Crippen LogP contribution is -2.28. The van der Waals surface area contributed by atoms with E-state index >= 15 is 0 Å². The topological polar surface area (TPSA) is 91.9 Å². The normalized spacial score (nSPS) is 11.5. The van der Waals surface area contributed by atoms with Crippen molar-refractivity contribution >= 4 is 48.6 Å². The molecule has 12 heteroatoms. The van der Waals surface area contributed by atoms with Gasteiger partial charge in [0.05, 0.1) is 28.7 Å². The fourth-order valence-corrected chi connectivity index (χ4v) is 3.84. The number of benzene rings is 2. The Morgan fingerprint density at radius 1 is 1.19 bits per heavy atom. The second kappa shape index (κ2) is 8.55. The van der Waals surface area contributed by atoms with Crippen LogP contribution in [-0.4, -0.2) is 27.3 Å². The molecule has 160 valence electrons. The maximum absolute atomic E-state index is 12.3. The van der Waals surface area contributed by atoms with Crippen LogP contribution in [0.1, 0.15) is 5.82 Å². The fourth-order valence-electron chi connectivity index (χ4n) is 2.69. The van der Waals surface area contributed by atoms with Gasteiger partial charge in [-0.3, -0.25) is 5.32 Å². The number of aromatic amines is 1. The van der Waals surface area contributed by atoms with E-state index in [0.717, 1.165) is 27.1 Å². The van der Waals surface area contributed by atoms with Crippen LogP contribution in [0.5, 0.6) is 5.75 Å². The molecule has 0 radical (unpaired) electrons. The molecule has 0 saturated carbocycles. The van der Waals surface area contributed by atoms with Crippen molar-refractivity contribution in [1.29, 1.82) is 0 Å². The van der Waals surface area contributed by atoms with Crippen molar-refractivity contribution in [3.05, 3.63) is 59.0 Å². The highest BCUT2D eigenvalue weighted by molar-refractivity contribution is 9.10. The van der Waals surface area contributed by atoms with E-state index in [4.69, 9.17) is 0 Å². The van der Waals surface area contributed by atoms with Gasteiger partial charge in [0.2, 0.25) is 0 Å². The molecule has 2 amide bonds. The molecule has 7 nitrogen and oxygen atoms in total. The number of hydrogen-bond acceptors (Lipinski definition) is 5. The van der Waals surface area contributed by atoms with Crippen LogP contribution in [-0.2, 0) is 6.54 Å². The van der Waals surface area contributed by atoms with Crippen LogP contribution in [0, 0.1) is 0 Å². The molecule has 0 bridgehead atoms. The standard InChI is InChI=1S/C19H13BrF3N5O2S/c20-11-3-1-10(2-4-11)14-8-24-16(26-14)9-25-17(29)28-18-27-13-6-5-12(7-15(13)31-18)30-19(21,22)23/h1-8H,9H2,(H,24,26)(H2,25,27,28,29). The Balaban J connectivity index is 1.35. The zero-order valence-corrected chi connectivity index (χ0v) is 17.9. The molecule has 0 aliphatic carbocycles. The van der Waals surface area contributed by atoms with Crippen LogP contribution in [0.2, 0.25) is 0 Å². The molecule has 4 rings (SSSR count). The van der Waals surface area contributed by atoms with Gasteiger partial charge in [0.1, 0.15) is 11.6 Å². The number of rotatable bonds is 5. The third kappa shape index (κ3) is 5.52. The van der Waals surface area contributed by atoms with Gasteiger partial charge in [-0.1, -0.05) is 39.4 Å². The second-order valence-electron chi connectivity index (χ2n) is 6.25. The van der Waals surface area contributed by atoms with Gasteiger partial charge in [-0.2, -0.15) is 0 Å². The molecule has 0 fully saturated rings. The number of aromatic nitrogens is 3. The number of amides is 2. The van der Waals surface area contributed by atoms with Crippen LogP contribution < -0.4 is 15.4 Å². The molecular formula is C19H13BrF3N5O2S. The Hall–Kier alpha value is -3.12. The van der Waals surface area contributed by atoms with Gasteiger partial charge in [0.25, 0.3) is 0 Å². The van der Waals surface area contributed by atoms with Gasteiger partial charge in [-0.05, 0) is 29.8 Å². The van der Waals surface area contributed by atoms with Crippen molar-refractivity contribution < 1.29 is 22.7 Å². The molecule has 0 saturated heterocycles. The Morgan fingerprint density at radius 2 is 1.97 bits per heavy atom. The van der Waals surface area contributed by atoms with Crippen LogP contribution in [0.3, 0.4) is 0 Å². The number of ether oxygens (including phenoxy) is 1. The van der Waals surface area contributed by atoms with Crippen molar-refractivity contribution in [3.63, 3.8) is 0 Å². The number of urea groups is 1. The predicted molar refractivity (Wildman–Crippen MR) is 114 cm³/mol. The fraction of sp³-hybridized carbons (Fsp3) is 0.105. The van der Waals surface area contributed by atoms with Crippen molar-refractivity contribution in [3.8, 4) is 17.0 Å². The Kier molecular flexibility index (Phi) is 5.83. The summed E-state index contributed by atoms with van der Waals surface area (Å²) in [7, 11) is 0. The zero-order valence-electron chi connectivity index (χ0n) is 15.5. The Bertz CT molecular complexity index is 1220. The van der Waals surface area contributed by atoms with E-state index in [0.29, 0.717) is 16.0 Å². The summed E-state index contributed by atoms with van der Waals surface area (Å²) in [6.45, 7) is 0.150. The summed E-state index contributed by atoms with van der Waals surface area (Å²) in [5.41, 5.74) is 2.21. The van der Waals surface area contributed by atoms with E-state index in [1.165, 1.54) is 18.2 Å². The molecule has 2 heterocycles. The summed E-state index contributed by atoms with van der Waals surface area (Å²) in [6.07, 6.45) is -3.10. The monoisotopic (exact) mass is 511 g/mol. The van der Waals surface area contributed by atoms with Crippen LogP contribution >= 0.6 is 27.3 Å². The van der Waals surface area contributed by atoms with E-state index < -0.39 is 12.4 Å². The average molecular weight is 512 g/mol. The SMILES string of the molecule is O=C(NCc1ncc(-c2ccc(Br)cc2)[nH]1)Nc1nc2ccc(OC(F)(F)F)cc2s1. The summed E-state index contributed by atoms with van der Waals surface area (Å²) >= 11 is 4.41. The van der Waals surface area contributed by atoms with Crippen molar-refractivity contribution in [2.45, 2.75) is 12.9 Å². The van der Waals surface area contributed by atoms with E-state index in [1.54, 1.807) is 6.20 Å². The summed E-state index contributed by atoms with van der Waals surface area (Å²) in [6, 6.07) is 10.9. The maximum atomic E-state index is 12.3. The van der Waals surface area contributed by atoms with Crippen LogP contribution in [0.25, 0.3) is 21.5 Å². The number of hydrogen-bond donors (Lipinski definition) is 3. The highest BCUT2D eigenvalue weighted by Crippen LogP contribution is 2.31. The predicted octanol–water partition coefficient (Wildman–Crippen LogP) is 5.67. The number of anilines is 1. The van der Waals surface area contributed by atoms with E-state index in [9.17, 15) is 18.0 Å². The third-order valence-corrected chi connectivity index (χ3v) is 5.48. The first-order valence-corrected chi connectivity index (χ1v) is 10.4. The van der Waals surface area contributed by atoms with Crippen molar-refractivity contribution in [1.82, 2.24) is 20.3 Å². The summed E-state index contributed by atoms with van der Waals surface area (Å²) in [4.78, 5) is 23.7. The number of carbonyl (C=O) groups excluding carboxylic acids is 1. The first-order valence-electron chi connectivity index (χ1n) is 8.76. The molecule has 3 N–H and O–H groups in total. The Morgan fingerprint density at radius 3 is 2.71 bits per heavy atom. The zero-order chi connectivity index (χ0) is 22.0. The highest BCUT2D eigenvalue weighted by Gasteiger charge is 2.31. The summed E-state index contributed by atoms with van der Waals surface area (Å²) in [5.74, 6) is 0.213. The van der Waals surface area contributed by atoms with Gasteiger partial charge in [-0.25, -0.2) is 14.8 Å². The average Bonchev–Trinajstić information content (AvgIpc) is 3.32. The van der Waals surface area contributed by atoms with E-state index in [-0.39, 0.29) is 17.4 Å². The first-order chi connectivity index (χ1) is 14.7. The molecule has 4 aromatic rings. The minimum atomic E-state index is -4.78. The number of halogens is 4. The van der Waals surface area contributed by atoms with E-state index in [1.807, 2.05) is 24.3 Å². The molecule has 0 aliphatic heterocycles. The van der Waals surface area contributed by atoms with Crippen molar-refractivity contribution in [2.75, 3.05) is 5.32 Å². The summed E-state index contributed by atoms with van der Waals surface area (Å²) in [5, 5.41) is 5.45. The highest BCUT2D eigenvalue weighted by atomic mass is 79.9. The number of thiazole rings is 1. The molecule has 2 aromatic heterocycles. The molecule has 0 unspecified atom stereocenters. The Labute approximate surface area is 185 Å². The number of carbonyl (C=O) groups is 1. The quantitative estimate of drug-likeness (QED) is 0.322. The largest absolute Gasteiger partial charge is 0.573 e. The first kappa shape index (κ1) is 21.1. The van der Waals surface area contributed by atoms with Crippen molar-refractivity contribution in [2.24, 2.45) is 0 Å². The molecule has 0 spiro atoms. The minimum Gasteiger partial charge on any atom is -0.406 e. The maximum Gasteiger partial charge on any atom is 0.573 e. The molecule has 0 aliphatic rings. The second-order valence-corrected chi connectivity index (χ2v) is 8.20.